The van der Waals surface area contributed by atoms with Gasteiger partial charge in [-0.3, -0.25) is 0 Å². The van der Waals surface area contributed by atoms with Gasteiger partial charge in [0, 0.05) is 22.5 Å². The maximum atomic E-state index is 2.60. The third-order valence-corrected chi connectivity index (χ3v) is 15.8. The molecule has 0 saturated heterocycles. The maximum Gasteiger partial charge on any atom is 0.0464 e. The molecule has 1 nitrogen and oxygen atoms in total. The molecular formula is C55H45N. The molecule has 270 valence electrons. The standard InChI is InChI=1S/C55H45N/c1-3-13-44-36(9-1)11-7-16-46(44)38-20-24-41(25-21-38)56(42-26-22-39(23-27-42)47-17-8-12-37-10-2-4-14-45(37)47)43-28-30-51-49(32-43)48-15-5-6-18-50(48)55(51)52-29-19-35-31-40-34-54(55,33-35)53(40)52/h1-18,20-22,24-26,28,30,32,35,40,52-53H,19,23,27,29,31,33-34H2. The summed E-state index contributed by atoms with van der Waals surface area (Å²) in [5, 5.41) is 5.23. The van der Waals surface area contributed by atoms with Gasteiger partial charge < -0.3 is 4.90 Å². The van der Waals surface area contributed by atoms with Crippen molar-refractivity contribution >= 4 is 38.5 Å². The lowest BCUT2D eigenvalue weighted by Gasteiger charge is -2.80. The summed E-state index contributed by atoms with van der Waals surface area (Å²) in [5.74, 6) is 3.69. The third-order valence-electron chi connectivity index (χ3n) is 15.8. The topological polar surface area (TPSA) is 3.24 Å². The van der Waals surface area contributed by atoms with E-state index in [2.05, 4.69) is 169 Å². The first-order valence-electron chi connectivity index (χ1n) is 21.2. The van der Waals surface area contributed by atoms with Gasteiger partial charge in [-0.15, -0.1) is 0 Å². The van der Waals surface area contributed by atoms with Crippen molar-refractivity contribution in [2.45, 2.75) is 50.4 Å². The Morgan fingerprint density at radius 1 is 0.518 bits per heavy atom. The van der Waals surface area contributed by atoms with Crippen molar-refractivity contribution in [3.8, 4) is 22.3 Å². The van der Waals surface area contributed by atoms with Gasteiger partial charge in [0.05, 0.1) is 0 Å². The number of hydrogen-bond donors (Lipinski definition) is 0. The van der Waals surface area contributed by atoms with Crippen molar-refractivity contribution in [3.63, 3.8) is 0 Å². The fraction of sp³-hybridized carbons (Fsp3) is 0.236. The van der Waals surface area contributed by atoms with E-state index in [4.69, 9.17) is 0 Å². The average molecular weight is 720 g/mol. The van der Waals surface area contributed by atoms with Crippen molar-refractivity contribution < 1.29 is 0 Å². The zero-order valence-electron chi connectivity index (χ0n) is 31.8. The number of anilines is 2. The van der Waals surface area contributed by atoms with Crippen LogP contribution in [0.25, 0.3) is 49.4 Å². The molecule has 5 bridgehead atoms. The highest BCUT2D eigenvalue weighted by Crippen LogP contribution is 2.87. The van der Waals surface area contributed by atoms with E-state index in [1.165, 1.54) is 104 Å². The minimum atomic E-state index is 0.207. The van der Waals surface area contributed by atoms with Crippen molar-refractivity contribution in [1.82, 2.24) is 0 Å². The zero-order valence-corrected chi connectivity index (χ0v) is 31.8. The number of allylic oxidation sites excluding steroid dienone is 4. The van der Waals surface area contributed by atoms with Crippen LogP contribution in [-0.2, 0) is 5.41 Å². The van der Waals surface area contributed by atoms with E-state index in [0.29, 0.717) is 5.41 Å². The van der Waals surface area contributed by atoms with Crippen LogP contribution in [0, 0.1) is 29.1 Å². The lowest BCUT2D eigenvalue weighted by Crippen LogP contribution is -2.77. The third kappa shape index (κ3) is 4.01. The summed E-state index contributed by atoms with van der Waals surface area (Å²) in [6.45, 7) is 0. The first-order valence-corrected chi connectivity index (χ1v) is 21.2. The second kappa shape index (κ2) is 11.5. The van der Waals surface area contributed by atoms with Gasteiger partial charge in [-0.2, -0.15) is 0 Å². The Morgan fingerprint density at radius 2 is 1.20 bits per heavy atom. The minimum Gasteiger partial charge on any atom is -0.314 e. The summed E-state index contributed by atoms with van der Waals surface area (Å²) in [6, 6.07) is 57.6. The van der Waals surface area contributed by atoms with Gasteiger partial charge in [0.25, 0.3) is 0 Å². The minimum absolute atomic E-state index is 0.207. The van der Waals surface area contributed by atoms with Crippen LogP contribution >= 0.6 is 0 Å². The van der Waals surface area contributed by atoms with E-state index in [9.17, 15) is 0 Å². The van der Waals surface area contributed by atoms with Crippen molar-refractivity contribution in [1.29, 1.82) is 0 Å². The fourth-order valence-corrected chi connectivity index (χ4v) is 14.0. The molecule has 9 aliphatic rings. The molecule has 7 aromatic rings. The summed E-state index contributed by atoms with van der Waals surface area (Å²) in [6.07, 6.45) is 14.1. The van der Waals surface area contributed by atoms with E-state index >= 15 is 0 Å². The van der Waals surface area contributed by atoms with Crippen LogP contribution in [0.2, 0.25) is 0 Å². The van der Waals surface area contributed by atoms with E-state index in [-0.39, 0.29) is 5.41 Å². The van der Waals surface area contributed by atoms with Crippen LogP contribution in [-0.4, -0.2) is 0 Å². The van der Waals surface area contributed by atoms with Gasteiger partial charge in [-0.05, 0) is 164 Å². The molecule has 7 saturated carbocycles. The molecule has 0 N–H and O–H groups in total. The quantitative estimate of drug-likeness (QED) is 0.171. The summed E-state index contributed by atoms with van der Waals surface area (Å²) >= 11 is 0. The normalized spacial score (nSPS) is 27.5. The van der Waals surface area contributed by atoms with Crippen LogP contribution in [0.3, 0.4) is 0 Å². The van der Waals surface area contributed by atoms with Crippen molar-refractivity contribution in [3.05, 3.63) is 186 Å². The van der Waals surface area contributed by atoms with Crippen LogP contribution in [0.15, 0.2) is 170 Å². The monoisotopic (exact) mass is 719 g/mol. The van der Waals surface area contributed by atoms with Gasteiger partial charge in [-0.25, -0.2) is 0 Å². The molecular weight excluding hydrogens is 675 g/mol. The molecule has 0 heterocycles. The Bertz CT molecular complexity index is 2830. The van der Waals surface area contributed by atoms with Crippen molar-refractivity contribution in [2.75, 3.05) is 4.90 Å². The molecule has 0 radical (unpaired) electrons. The largest absolute Gasteiger partial charge is 0.314 e. The maximum absolute atomic E-state index is 2.60. The molecule has 16 rings (SSSR count). The zero-order chi connectivity index (χ0) is 36.6. The Morgan fingerprint density at radius 3 is 2.00 bits per heavy atom. The smallest absolute Gasteiger partial charge is 0.0464 e. The van der Waals surface area contributed by atoms with Gasteiger partial charge in [0.15, 0.2) is 0 Å². The Balaban J connectivity index is 0.955. The van der Waals surface area contributed by atoms with Gasteiger partial charge in [0.1, 0.15) is 0 Å². The highest BCUT2D eigenvalue weighted by molar-refractivity contribution is 5.97. The summed E-state index contributed by atoms with van der Waals surface area (Å²) in [4.78, 5) is 2.57. The SMILES string of the molecule is C1=C(c2cccc3ccccc23)CCC(N(c2ccc(-c3cccc4ccccc34)cc2)c2ccc3c(c2)-c2ccccc2C32C3CCC4CC5CC2(C4)C53)=C1. The van der Waals surface area contributed by atoms with E-state index in [0.717, 1.165) is 36.5 Å². The van der Waals surface area contributed by atoms with Gasteiger partial charge in [0.2, 0.25) is 0 Å². The van der Waals surface area contributed by atoms with Crippen LogP contribution in [0.5, 0.6) is 0 Å². The molecule has 0 amide bonds. The molecule has 7 fully saturated rings. The summed E-state index contributed by atoms with van der Waals surface area (Å²) in [7, 11) is 0. The van der Waals surface area contributed by atoms with E-state index in [1.807, 2.05) is 0 Å². The first-order chi connectivity index (χ1) is 27.7. The first kappa shape index (κ1) is 31.5. The predicted molar refractivity (Wildman–Crippen MR) is 233 cm³/mol. The molecule has 1 heteroatoms. The number of fused-ring (bicyclic) bond motifs is 5. The number of hydrogen-bond acceptors (Lipinski definition) is 1. The number of rotatable bonds is 5. The van der Waals surface area contributed by atoms with Crippen LogP contribution in [0.1, 0.15) is 61.6 Å². The lowest BCUT2D eigenvalue weighted by atomic mass is 9.23. The molecule has 0 aliphatic heterocycles. The summed E-state index contributed by atoms with van der Waals surface area (Å²) in [5.41, 5.74) is 16.1. The Kier molecular flexibility index (Phi) is 6.45. The Hall–Kier alpha value is -5.66. The van der Waals surface area contributed by atoms with Crippen molar-refractivity contribution in [2.24, 2.45) is 29.1 Å². The summed E-state index contributed by atoms with van der Waals surface area (Å²) < 4.78 is 0. The Labute approximate surface area is 330 Å². The molecule has 7 aromatic carbocycles. The highest BCUT2D eigenvalue weighted by Gasteiger charge is 2.82. The molecule has 6 atom stereocenters. The fourth-order valence-electron chi connectivity index (χ4n) is 14.0. The lowest BCUT2D eigenvalue weighted by molar-refractivity contribution is -0.269. The number of benzene rings is 7. The molecule has 2 spiro atoms. The molecule has 9 aliphatic carbocycles. The van der Waals surface area contributed by atoms with Crippen LogP contribution < -0.4 is 4.90 Å². The second-order valence-electron chi connectivity index (χ2n) is 18.0. The molecule has 6 unspecified atom stereocenters. The average Bonchev–Trinajstić information content (AvgIpc) is 3.34. The molecule has 0 aromatic heterocycles. The van der Waals surface area contributed by atoms with E-state index < -0.39 is 0 Å². The highest BCUT2D eigenvalue weighted by atomic mass is 15.1. The van der Waals surface area contributed by atoms with Gasteiger partial charge in [-0.1, -0.05) is 140 Å². The van der Waals surface area contributed by atoms with Crippen LogP contribution in [0.4, 0.5) is 11.4 Å². The number of nitrogens with zero attached hydrogens (tertiary/aromatic N) is 1. The predicted octanol–water partition coefficient (Wildman–Crippen LogP) is 14.3. The van der Waals surface area contributed by atoms with E-state index in [1.54, 1.807) is 11.1 Å². The molecule has 56 heavy (non-hydrogen) atoms. The van der Waals surface area contributed by atoms with Gasteiger partial charge >= 0.3 is 0 Å². The second-order valence-corrected chi connectivity index (χ2v) is 18.0.